The summed E-state index contributed by atoms with van der Waals surface area (Å²) in [7, 11) is 1.35. The maximum atomic E-state index is 13.9. The van der Waals surface area contributed by atoms with Gasteiger partial charge in [-0.1, -0.05) is 24.6 Å². The summed E-state index contributed by atoms with van der Waals surface area (Å²) >= 11 is 0. The van der Waals surface area contributed by atoms with E-state index in [2.05, 4.69) is 10.6 Å². The first-order valence-electron chi connectivity index (χ1n) is 12.6. The summed E-state index contributed by atoms with van der Waals surface area (Å²) in [4.78, 5) is 30.9. The molecule has 0 saturated carbocycles. The first-order valence-corrected chi connectivity index (χ1v) is 12.6. The molecule has 5 rings (SSSR count). The molecule has 1 unspecified atom stereocenters. The highest BCUT2D eigenvalue weighted by Gasteiger charge is 2.21. The molecular formula is C28H32N4O4. The van der Waals surface area contributed by atoms with Crippen molar-refractivity contribution < 1.29 is 14.3 Å². The summed E-state index contributed by atoms with van der Waals surface area (Å²) in [6.07, 6.45) is 6.94. The number of methoxy groups -OCH3 is 1. The number of hydrogen-bond donors (Lipinski definition) is 1. The molecule has 8 nitrogen and oxygen atoms in total. The van der Waals surface area contributed by atoms with Gasteiger partial charge in [0.2, 0.25) is 0 Å². The molecule has 0 amide bonds. The van der Waals surface area contributed by atoms with Gasteiger partial charge in [-0.05, 0) is 56.5 Å². The lowest BCUT2D eigenvalue weighted by Gasteiger charge is -2.13. The fourth-order valence-corrected chi connectivity index (χ4v) is 5.07. The zero-order valence-corrected chi connectivity index (χ0v) is 20.6. The number of hydrogen-bond acceptors (Lipinski definition) is 6. The molecule has 1 fully saturated rings. The molecule has 0 bridgehead atoms. The van der Waals surface area contributed by atoms with E-state index < -0.39 is 5.97 Å². The highest BCUT2D eigenvalue weighted by molar-refractivity contribution is 5.97. The number of nitrogens with two attached hydrogens (primary N) is 1. The number of fused-ring (bicyclic) bond motifs is 2. The second-order valence-corrected chi connectivity index (χ2v) is 9.31. The largest absolute Gasteiger partial charge is 0.465 e. The maximum absolute atomic E-state index is 13.9. The summed E-state index contributed by atoms with van der Waals surface area (Å²) in [5, 5.41) is 0.986. The van der Waals surface area contributed by atoms with E-state index in [0.717, 1.165) is 61.7 Å². The van der Waals surface area contributed by atoms with Crippen LogP contribution in [0.1, 0.15) is 42.5 Å². The van der Waals surface area contributed by atoms with Gasteiger partial charge >= 0.3 is 5.97 Å². The molecule has 8 heteroatoms. The molecule has 2 aromatic heterocycles. The molecule has 36 heavy (non-hydrogen) atoms. The van der Waals surface area contributed by atoms with Crippen molar-refractivity contribution in [2.75, 3.05) is 20.3 Å². The number of carbonyl (C=O) groups is 1. The van der Waals surface area contributed by atoms with Crippen LogP contribution in [-0.2, 0) is 22.6 Å². The van der Waals surface area contributed by atoms with E-state index in [9.17, 15) is 9.59 Å². The Morgan fingerprint density at radius 3 is 2.81 bits per heavy atom. The second-order valence-electron chi connectivity index (χ2n) is 9.31. The van der Waals surface area contributed by atoms with Crippen molar-refractivity contribution in [1.82, 2.24) is 14.1 Å². The van der Waals surface area contributed by atoms with Crippen LogP contribution in [0.3, 0.4) is 0 Å². The van der Waals surface area contributed by atoms with Crippen molar-refractivity contribution in [2.24, 2.45) is 5.73 Å². The van der Waals surface area contributed by atoms with Gasteiger partial charge in [0.1, 0.15) is 5.69 Å². The molecule has 1 saturated heterocycles. The van der Waals surface area contributed by atoms with Gasteiger partial charge in [0.25, 0.3) is 5.56 Å². The predicted octanol–water partition coefficient (Wildman–Crippen LogP) is 4.11. The first kappa shape index (κ1) is 24.2. The van der Waals surface area contributed by atoms with Gasteiger partial charge in [-0.25, -0.2) is 9.78 Å². The maximum Gasteiger partial charge on any atom is 0.337 e. The van der Waals surface area contributed by atoms with E-state index in [1.807, 2.05) is 24.4 Å². The molecule has 2 aromatic carbocycles. The van der Waals surface area contributed by atoms with Gasteiger partial charge < -0.3 is 24.3 Å². The second kappa shape index (κ2) is 10.6. The number of nitrogens with zero attached hydrogens (tertiary/aromatic N) is 3. The fourth-order valence-electron chi connectivity index (χ4n) is 5.07. The lowest BCUT2D eigenvalue weighted by Crippen LogP contribution is -2.24. The molecule has 1 aliphatic rings. The number of unbranched alkanes of at least 4 members (excludes halogenated alkanes) is 2. The van der Waals surface area contributed by atoms with Crippen LogP contribution >= 0.6 is 0 Å². The molecule has 4 aromatic rings. The number of rotatable bonds is 9. The third-order valence-corrected chi connectivity index (χ3v) is 6.92. The van der Waals surface area contributed by atoms with Crippen molar-refractivity contribution in [3.8, 4) is 11.3 Å². The van der Waals surface area contributed by atoms with Crippen LogP contribution in [0, 0.1) is 0 Å². The van der Waals surface area contributed by atoms with E-state index >= 15 is 0 Å². The molecule has 1 atom stereocenters. The fraction of sp³-hybridized carbons (Fsp3) is 0.393. The van der Waals surface area contributed by atoms with Gasteiger partial charge in [0.15, 0.2) is 0 Å². The smallest absolute Gasteiger partial charge is 0.337 e. The third-order valence-electron chi connectivity index (χ3n) is 6.92. The lowest BCUT2D eigenvalue weighted by atomic mass is 10.1. The van der Waals surface area contributed by atoms with Gasteiger partial charge in [-0.15, -0.1) is 0 Å². The Morgan fingerprint density at radius 1 is 1.17 bits per heavy atom. The van der Waals surface area contributed by atoms with Gasteiger partial charge in [0.05, 0.1) is 29.8 Å². The molecule has 0 radical (unpaired) electrons. The van der Waals surface area contributed by atoms with Crippen molar-refractivity contribution in [3.63, 3.8) is 0 Å². The number of benzene rings is 2. The number of para-hydroxylation sites is 1. The number of aryl methyl sites for hydroxylation is 1. The monoisotopic (exact) mass is 488 g/mol. The zero-order valence-electron chi connectivity index (χ0n) is 20.6. The van der Waals surface area contributed by atoms with Crippen LogP contribution in [0.2, 0.25) is 0 Å². The van der Waals surface area contributed by atoms with Crippen LogP contribution in [0.4, 0.5) is 0 Å². The molecule has 3 heterocycles. The molecule has 1 aliphatic heterocycles. The average Bonchev–Trinajstić information content (AvgIpc) is 3.55. The first-order chi connectivity index (χ1) is 17.6. The summed E-state index contributed by atoms with van der Waals surface area (Å²) in [6, 6.07) is 13.3. The minimum atomic E-state index is -0.444. The SMILES string of the molecule is COC(=O)c1ccc2nc(-c3cn(CC4CCCO4)c4ccccc34)c(=O)n(CCCCCN)c2c1. The summed E-state index contributed by atoms with van der Waals surface area (Å²) in [5.74, 6) is -0.444. The highest BCUT2D eigenvalue weighted by atomic mass is 16.5. The van der Waals surface area contributed by atoms with Gasteiger partial charge in [0, 0.05) is 42.4 Å². The van der Waals surface area contributed by atoms with E-state index in [0.29, 0.717) is 35.4 Å². The van der Waals surface area contributed by atoms with E-state index in [1.165, 1.54) is 7.11 Å². The van der Waals surface area contributed by atoms with Crippen LogP contribution in [0.5, 0.6) is 0 Å². The highest BCUT2D eigenvalue weighted by Crippen LogP contribution is 2.30. The predicted molar refractivity (Wildman–Crippen MR) is 140 cm³/mol. The lowest BCUT2D eigenvalue weighted by molar-refractivity contribution is 0.0601. The number of ether oxygens (including phenoxy) is 2. The van der Waals surface area contributed by atoms with Crippen molar-refractivity contribution >= 4 is 27.9 Å². The van der Waals surface area contributed by atoms with Crippen LogP contribution in [0.15, 0.2) is 53.5 Å². The Morgan fingerprint density at radius 2 is 2.03 bits per heavy atom. The Hall–Kier alpha value is -3.49. The Bertz CT molecular complexity index is 1450. The molecular weight excluding hydrogens is 456 g/mol. The summed E-state index contributed by atoms with van der Waals surface area (Å²) in [6.45, 7) is 2.67. The number of aromatic nitrogens is 3. The summed E-state index contributed by atoms with van der Waals surface area (Å²) < 4.78 is 14.7. The van der Waals surface area contributed by atoms with Crippen LogP contribution < -0.4 is 11.3 Å². The summed E-state index contributed by atoms with van der Waals surface area (Å²) in [5.41, 5.74) is 9.45. The Balaban J connectivity index is 1.65. The van der Waals surface area contributed by atoms with Crippen molar-refractivity contribution in [1.29, 1.82) is 0 Å². The molecule has 188 valence electrons. The van der Waals surface area contributed by atoms with E-state index in [4.69, 9.17) is 20.2 Å². The molecule has 0 spiro atoms. The van der Waals surface area contributed by atoms with Gasteiger partial charge in [-0.3, -0.25) is 4.79 Å². The normalized spacial score (nSPS) is 15.7. The standard InChI is InChI=1S/C28H32N4O4/c1-35-28(34)19-11-12-23-25(16-19)32(14-6-2-5-13-29)27(33)26(30-23)22-18-31(17-20-8-7-15-36-20)24-10-4-3-9-21(22)24/h3-4,9-12,16,18,20H,2,5-8,13-15,17,29H2,1H3. The molecule has 0 aliphatic carbocycles. The minimum Gasteiger partial charge on any atom is -0.465 e. The van der Waals surface area contributed by atoms with E-state index in [1.54, 1.807) is 22.8 Å². The van der Waals surface area contributed by atoms with Crippen molar-refractivity contribution in [2.45, 2.75) is 51.3 Å². The van der Waals surface area contributed by atoms with Crippen LogP contribution in [0.25, 0.3) is 33.2 Å². The van der Waals surface area contributed by atoms with Gasteiger partial charge in [-0.2, -0.15) is 0 Å². The number of esters is 1. The van der Waals surface area contributed by atoms with E-state index in [-0.39, 0.29) is 11.7 Å². The number of carbonyl (C=O) groups excluding carboxylic acids is 1. The minimum absolute atomic E-state index is 0.169. The Labute approximate surface area is 209 Å². The Kier molecular flexibility index (Phi) is 7.16. The quantitative estimate of drug-likeness (QED) is 0.281. The zero-order chi connectivity index (χ0) is 25.1. The average molecular weight is 489 g/mol. The van der Waals surface area contributed by atoms with Crippen molar-refractivity contribution in [3.05, 3.63) is 64.6 Å². The van der Waals surface area contributed by atoms with Crippen LogP contribution in [-0.4, -0.2) is 46.5 Å². The topological polar surface area (TPSA) is 101 Å². The third kappa shape index (κ3) is 4.66. The molecule has 2 N–H and O–H groups in total.